The third kappa shape index (κ3) is 3.04. The standard InChI is InChI=1S/C17H21BrN2/c1-20(17-7-3-2-6-15(17)18)12-13-8-9-16-14(11-13)5-4-10-19-16/h4-5,8-11,15,17H,2-3,6-7,12H2,1H3. The van der Waals surface area contributed by atoms with Gasteiger partial charge in [0.15, 0.2) is 0 Å². The summed E-state index contributed by atoms with van der Waals surface area (Å²) < 4.78 is 0. The highest BCUT2D eigenvalue weighted by atomic mass is 79.9. The van der Waals surface area contributed by atoms with Crippen LogP contribution in [0, 0.1) is 0 Å². The molecular weight excluding hydrogens is 312 g/mol. The van der Waals surface area contributed by atoms with Crippen LogP contribution in [0.2, 0.25) is 0 Å². The highest BCUT2D eigenvalue weighted by Crippen LogP contribution is 2.28. The Bertz CT molecular complexity index is 584. The molecule has 1 aromatic heterocycles. The lowest BCUT2D eigenvalue weighted by molar-refractivity contribution is 0.193. The maximum atomic E-state index is 4.38. The Kier molecular flexibility index (Phi) is 4.37. The molecule has 3 heteroatoms. The fourth-order valence-electron chi connectivity index (χ4n) is 3.19. The maximum absolute atomic E-state index is 4.38. The van der Waals surface area contributed by atoms with Crippen molar-refractivity contribution >= 4 is 26.8 Å². The molecule has 2 unspecified atom stereocenters. The summed E-state index contributed by atoms with van der Waals surface area (Å²) in [6.07, 6.45) is 7.18. The van der Waals surface area contributed by atoms with Crippen LogP contribution < -0.4 is 0 Å². The second-order valence-corrected chi connectivity index (χ2v) is 6.99. The van der Waals surface area contributed by atoms with Crippen molar-refractivity contribution in [1.82, 2.24) is 9.88 Å². The zero-order valence-corrected chi connectivity index (χ0v) is 13.5. The fraction of sp³-hybridized carbons (Fsp3) is 0.471. The van der Waals surface area contributed by atoms with Gasteiger partial charge >= 0.3 is 0 Å². The van der Waals surface area contributed by atoms with Gasteiger partial charge in [-0.05, 0) is 43.7 Å². The fourth-order valence-corrected chi connectivity index (χ4v) is 4.18. The number of alkyl halides is 1. The third-order valence-corrected chi connectivity index (χ3v) is 5.38. The first-order chi connectivity index (χ1) is 9.74. The Morgan fingerprint density at radius 2 is 2.10 bits per heavy atom. The molecule has 0 radical (unpaired) electrons. The average molecular weight is 333 g/mol. The van der Waals surface area contributed by atoms with Gasteiger partial charge in [0.25, 0.3) is 0 Å². The molecule has 1 heterocycles. The van der Waals surface area contributed by atoms with Crippen molar-refractivity contribution in [3.8, 4) is 0 Å². The largest absolute Gasteiger partial charge is 0.298 e. The van der Waals surface area contributed by atoms with E-state index >= 15 is 0 Å². The van der Waals surface area contributed by atoms with Gasteiger partial charge in [-0.15, -0.1) is 0 Å². The van der Waals surface area contributed by atoms with Crippen molar-refractivity contribution in [2.45, 2.75) is 43.1 Å². The van der Waals surface area contributed by atoms with Crippen LogP contribution in [0.1, 0.15) is 31.2 Å². The lowest BCUT2D eigenvalue weighted by Gasteiger charge is -2.35. The second kappa shape index (κ2) is 6.23. The van der Waals surface area contributed by atoms with Crippen LogP contribution in [-0.4, -0.2) is 27.8 Å². The maximum Gasteiger partial charge on any atom is 0.0702 e. The topological polar surface area (TPSA) is 16.1 Å². The summed E-state index contributed by atoms with van der Waals surface area (Å²) >= 11 is 3.86. The number of pyridine rings is 1. The summed E-state index contributed by atoms with van der Waals surface area (Å²) in [4.78, 5) is 7.52. The third-order valence-electron chi connectivity index (χ3n) is 4.31. The molecular formula is C17H21BrN2. The molecule has 0 bridgehead atoms. The van der Waals surface area contributed by atoms with Gasteiger partial charge in [0.2, 0.25) is 0 Å². The van der Waals surface area contributed by atoms with E-state index in [4.69, 9.17) is 0 Å². The summed E-state index contributed by atoms with van der Waals surface area (Å²) in [6.45, 7) is 1.01. The van der Waals surface area contributed by atoms with E-state index in [-0.39, 0.29) is 0 Å². The minimum Gasteiger partial charge on any atom is -0.298 e. The molecule has 1 aromatic carbocycles. The van der Waals surface area contributed by atoms with E-state index in [1.807, 2.05) is 12.3 Å². The van der Waals surface area contributed by atoms with Crippen LogP contribution in [0.5, 0.6) is 0 Å². The quantitative estimate of drug-likeness (QED) is 0.775. The molecule has 0 amide bonds. The summed E-state index contributed by atoms with van der Waals surface area (Å²) in [6, 6.07) is 11.4. The first-order valence-corrected chi connectivity index (χ1v) is 8.33. The lowest BCUT2D eigenvalue weighted by Crippen LogP contribution is -2.40. The Hall–Kier alpha value is -0.930. The van der Waals surface area contributed by atoms with Crippen LogP contribution in [0.4, 0.5) is 0 Å². The molecule has 0 spiro atoms. The summed E-state index contributed by atoms with van der Waals surface area (Å²) in [5, 5.41) is 1.23. The lowest BCUT2D eigenvalue weighted by atomic mass is 9.94. The van der Waals surface area contributed by atoms with Crippen molar-refractivity contribution in [1.29, 1.82) is 0 Å². The number of rotatable bonds is 3. The number of benzene rings is 1. The Labute approximate surface area is 129 Å². The molecule has 1 saturated carbocycles. The Morgan fingerprint density at radius 1 is 1.25 bits per heavy atom. The van der Waals surface area contributed by atoms with E-state index in [0.29, 0.717) is 10.9 Å². The molecule has 3 rings (SSSR count). The van der Waals surface area contributed by atoms with Gasteiger partial charge in [0.1, 0.15) is 0 Å². The van der Waals surface area contributed by atoms with Crippen molar-refractivity contribution in [3.05, 3.63) is 42.1 Å². The number of aromatic nitrogens is 1. The van der Waals surface area contributed by atoms with E-state index in [2.05, 4.69) is 57.1 Å². The van der Waals surface area contributed by atoms with Gasteiger partial charge in [0.05, 0.1) is 5.52 Å². The molecule has 0 N–H and O–H groups in total. The van der Waals surface area contributed by atoms with Crippen LogP contribution >= 0.6 is 15.9 Å². The van der Waals surface area contributed by atoms with E-state index in [1.165, 1.54) is 36.6 Å². The van der Waals surface area contributed by atoms with E-state index in [9.17, 15) is 0 Å². The van der Waals surface area contributed by atoms with Crippen molar-refractivity contribution in [2.75, 3.05) is 7.05 Å². The molecule has 2 aromatic rings. The molecule has 1 fully saturated rings. The molecule has 106 valence electrons. The minimum absolute atomic E-state index is 0.642. The van der Waals surface area contributed by atoms with Crippen molar-refractivity contribution < 1.29 is 0 Å². The van der Waals surface area contributed by atoms with E-state index in [1.54, 1.807) is 0 Å². The summed E-state index contributed by atoms with van der Waals surface area (Å²) in [5.41, 5.74) is 2.45. The summed E-state index contributed by atoms with van der Waals surface area (Å²) in [5.74, 6) is 0. The molecule has 1 aliphatic rings. The van der Waals surface area contributed by atoms with Crippen LogP contribution in [0.3, 0.4) is 0 Å². The Morgan fingerprint density at radius 3 is 2.95 bits per heavy atom. The van der Waals surface area contributed by atoms with Gasteiger partial charge < -0.3 is 0 Å². The predicted molar refractivity (Wildman–Crippen MR) is 88.2 cm³/mol. The molecule has 0 saturated heterocycles. The Balaban J connectivity index is 1.74. The predicted octanol–water partition coefficient (Wildman–Crippen LogP) is 4.37. The van der Waals surface area contributed by atoms with Gasteiger partial charge in [-0.2, -0.15) is 0 Å². The number of nitrogens with zero attached hydrogens (tertiary/aromatic N) is 2. The summed E-state index contributed by atoms with van der Waals surface area (Å²) in [7, 11) is 2.25. The minimum atomic E-state index is 0.642. The van der Waals surface area contributed by atoms with Crippen LogP contribution in [0.25, 0.3) is 10.9 Å². The highest BCUT2D eigenvalue weighted by molar-refractivity contribution is 9.09. The van der Waals surface area contributed by atoms with Gasteiger partial charge in [-0.25, -0.2) is 0 Å². The highest BCUT2D eigenvalue weighted by Gasteiger charge is 2.26. The van der Waals surface area contributed by atoms with Crippen molar-refractivity contribution in [3.63, 3.8) is 0 Å². The average Bonchev–Trinajstić information content (AvgIpc) is 2.47. The van der Waals surface area contributed by atoms with Gasteiger partial charge in [0, 0.05) is 29.0 Å². The number of fused-ring (bicyclic) bond motifs is 1. The van der Waals surface area contributed by atoms with Gasteiger partial charge in [-0.3, -0.25) is 9.88 Å². The first kappa shape index (κ1) is 14.0. The smallest absolute Gasteiger partial charge is 0.0702 e. The zero-order chi connectivity index (χ0) is 13.9. The van der Waals surface area contributed by atoms with E-state index in [0.717, 1.165) is 12.1 Å². The van der Waals surface area contributed by atoms with Gasteiger partial charge in [-0.1, -0.05) is 40.9 Å². The number of hydrogen-bond acceptors (Lipinski definition) is 2. The molecule has 1 aliphatic carbocycles. The van der Waals surface area contributed by atoms with E-state index < -0.39 is 0 Å². The molecule has 20 heavy (non-hydrogen) atoms. The first-order valence-electron chi connectivity index (χ1n) is 7.42. The molecule has 2 nitrogen and oxygen atoms in total. The normalized spacial score (nSPS) is 23.4. The number of halogens is 1. The SMILES string of the molecule is CN(Cc1ccc2ncccc2c1)C1CCCCC1Br. The molecule has 0 aliphatic heterocycles. The number of hydrogen-bond donors (Lipinski definition) is 0. The van der Waals surface area contributed by atoms with Crippen LogP contribution in [0.15, 0.2) is 36.5 Å². The zero-order valence-electron chi connectivity index (χ0n) is 11.9. The monoisotopic (exact) mass is 332 g/mol. The van der Waals surface area contributed by atoms with Crippen molar-refractivity contribution in [2.24, 2.45) is 0 Å². The van der Waals surface area contributed by atoms with Crippen LogP contribution in [-0.2, 0) is 6.54 Å². The second-order valence-electron chi connectivity index (χ2n) is 5.81. The molecule has 2 atom stereocenters.